The third-order valence-electron chi connectivity index (χ3n) is 3.78. The van der Waals surface area contributed by atoms with Crippen molar-refractivity contribution in [2.45, 2.75) is 17.3 Å². The lowest BCUT2D eigenvalue weighted by Gasteiger charge is -2.11. The first-order chi connectivity index (χ1) is 13.4. The smallest absolute Gasteiger partial charge is 0.335 e. The number of amides is 1. The second-order valence-electron chi connectivity index (χ2n) is 5.81. The molecule has 0 aliphatic rings. The van der Waals surface area contributed by atoms with Gasteiger partial charge in [0.1, 0.15) is 0 Å². The molecule has 0 aliphatic carbocycles. The minimum absolute atomic E-state index is 0.131. The van der Waals surface area contributed by atoms with Crippen molar-refractivity contribution in [2.24, 2.45) is 0 Å². The van der Waals surface area contributed by atoms with Gasteiger partial charge in [-0.15, -0.1) is 10.2 Å². The number of benzene rings is 2. The van der Waals surface area contributed by atoms with E-state index in [-0.39, 0.29) is 27.9 Å². The minimum atomic E-state index is -1.04. The maximum Gasteiger partial charge on any atom is 0.335 e. The number of aromatic amines is 1. The molecule has 0 fully saturated rings. The zero-order chi connectivity index (χ0) is 20.1. The van der Waals surface area contributed by atoms with Crippen LogP contribution in [0.15, 0.2) is 64.5 Å². The highest BCUT2D eigenvalue weighted by molar-refractivity contribution is 8.00. The van der Waals surface area contributed by atoms with Crippen LogP contribution in [-0.2, 0) is 4.79 Å². The Kier molecular flexibility index (Phi) is 5.85. The molecular weight excluding hydrogens is 380 g/mol. The van der Waals surface area contributed by atoms with Crippen LogP contribution in [0.4, 0.5) is 5.69 Å². The van der Waals surface area contributed by atoms with Gasteiger partial charge in [-0.05, 0) is 31.2 Å². The molecule has 8 nitrogen and oxygen atoms in total. The largest absolute Gasteiger partial charge is 0.478 e. The van der Waals surface area contributed by atoms with Gasteiger partial charge in [-0.25, -0.2) is 4.79 Å². The number of H-pyrrole nitrogens is 1. The maximum absolute atomic E-state index is 12.3. The second kappa shape index (κ2) is 8.49. The van der Waals surface area contributed by atoms with Crippen molar-refractivity contribution in [1.82, 2.24) is 15.2 Å². The lowest BCUT2D eigenvalue weighted by atomic mass is 10.2. The van der Waals surface area contributed by atoms with Crippen molar-refractivity contribution in [3.63, 3.8) is 0 Å². The monoisotopic (exact) mass is 396 g/mol. The molecule has 3 rings (SSSR count). The Bertz CT molecular complexity index is 1050. The molecule has 142 valence electrons. The predicted molar refractivity (Wildman–Crippen MR) is 105 cm³/mol. The Balaban J connectivity index is 1.66. The fourth-order valence-electron chi connectivity index (χ4n) is 2.32. The number of aromatic nitrogens is 3. The first kappa shape index (κ1) is 19.3. The lowest BCUT2D eigenvalue weighted by molar-refractivity contribution is -0.115. The molecule has 0 saturated heterocycles. The van der Waals surface area contributed by atoms with Crippen molar-refractivity contribution in [1.29, 1.82) is 0 Å². The topological polar surface area (TPSA) is 125 Å². The number of hydrogen-bond acceptors (Lipinski definition) is 6. The predicted octanol–water partition coefficient (Wildman–Crippen LogP) is 2.65. The number of nitrogens with one attached hydrogen (secondary N) is 2. The molecule has 1 unspecified atom stereocenters. The van der Waals surface area contributed by atoms with Crippen LogP contribution in [0.3, 0.4) is 0 Å². The molecule has 1 atom stereocenters. The molecule has 0 spiro atoms. The third kappa shape index (κ3) is 4.63. The summed E-state index contributed by atoms with van der Waals surface area (Å²) in [6.07, 6.45) is 0. The van der Waals surface area contributed by atoms with Gasteiger partial charge >= 0.3 is 5.97 Å². The summed E-state index contributed by atoms with van der Waals surface area (Å²) >= 11 is 1.06. The fourth-order valence-corrected chi connectivity index (χ4v) is 3.06. The van der Waals surface area contributed by atoms with Gasteiger partial charge in [0.2, 0.25) is 5.91 Å². The zero-order valence-corrected chi connectivity index (χ0v) is 15.6. The molecule has 3 N–H and O–H groups in total. The number of thioether (sulfide) groups is 1. The molecule has 0 bridgehead atoms. The van der Waals surface area contributed by atoms with Gasteiger partial charge in [-0.2, -0.15) is 0 Å². The Morgan fingerprint density at radius 1 is 1.07 bits per heavy atom. The van der Waals surface area contributed by atoms with Crippen LogP contribution in [0, 0.1) is 0 Å². The number of aromatic carboxylic acids is 1. The normalized spacial score (nSPS) is 11.6. The van der Waals surface area contributed by atoms with E-state index in [4.69, 9.17) is 5.11 Å². The van der Waals surface area contributed by atoms with Gasteiger partial charge in [-0.1, -0.05) is 42.1 Å². The third-order valence-corrected chi connectivity index (χ3v) is 4.76. The van der Waals surface area contributed by atoms with E-state index >= 15 is 0 Å². The molecule has 9 heteroatoms. The van der Waals surface area contributed by atoms with Crippen LogP contribution in [0.2, 0.25) is 0 Å². The van der Waals surface area contributed by atoms with Crippen LogP contribution in [-0.4, -0.2) is 37.4 Å². The van der Waals surface area contributed by atoms with Crippen molar-refractivity contribution < 1.29 is 14.7 Å². The Morgan fingerprint density at radius 3 is 2.36 bits per heavy atom. The first-order valence-electron chi connectivity index (χ1n) is 8.27. The molecule has 2 aromatic carbocycles. The summed E-state index contributed by atoms with van der Waals surface area (Å²) in [5.41, 5.74) is 1.08. The van der Waals surface area contributed by atoms with Crippen LogP contribution >= 0.6 is 11.8 Å². The molecule has 1 aromatic heterocycles. The van der Waals surface area contributed by atoms with Gasteiger partial charge < -0.3 is 10.4 Å². The van der Waals surface area contributed by atoms with Crippen LogP contribution in [0.25, 0.3) is 11.3 Å². The van der Waals surface area contributed by atoms with Gasteiger partial charge in [0.05, 0.1) is 10.8 Å². The standard InChI is InChI=1S/C19H16N4O4S/c1-11(16(24)20-14-9-7-13(8-10-14)18(26)27)28-19-21-17(25)15(22-23-19)12-5-3-2-4-6-12/h2-11H,1H3,(H,20,24)(H,26,27)(H,21,23,25). The van der Waals surface area contributed by atoms with E-state index in [1.165, 1.54) is 24.3 Å². The minimum Gasteiger partial charge on any atom is -0.478 e. The highest BCUT2D eigenvalue weighted by Gasteiger charge is 2.17. The number of rotatable bonds is 6. The van der Waals surface area contributed by atoms with E-state index in [0.717, 1.165) is 11.8 Å². The summed E-state index contributed by atoms with van der Waals surface area (Å²) in [5.74, 6) is -1.36. The Hall–Kier alpha value is -3.46. The average Bonchev–Trinajstić information content (AvgIpc) is 2.69. The maximum atomic E-state index is 12.3. The SMILES string of the molecule is CC(Sc1nnc(-c2ccccc2)c(=O)[nH]1)C(=O)Nc1ccc(C(=O)O)cc1. The fraction of sp³-hybridized carbons (Fsp3) is 0.105. The summed E-state index contributed by atoms with van der Waals surface area (Å²) < 4.78 is 0. The van der Waals surface area contributed by atoms with Crippen LogP contribution in [0.1, 0.15) is 17.3 Å². The van der Waals surface area contributed by atoms with Crippen molar-refractivity contribution in [3.05, 3.63) is 70.5 Å². The van der Waals surface area contributed by atoms with Crippen molar-refractivity contribution >= 4 is 29.3 Å². The quantitative estimate of drug-likeness (QED) is 0.547. The average molecular weight is 396 g/mol. The molecular formula is C19H16N4O4S. The molecule has 1 amide bonds. The zero-order valence-electron chi connectivity index (χ0n) is 14.7. The highest BCUT2D eigenvalue weighted by Crippen LogP contribution is 2.20. The van der Waals surface area contributed by atoms with Gasteiger partial charge in [-0.3, -0.25) is 14.6 Å². The number of anilines is 1. The van der Waals surface area contributed by atoms with Crippen LogP contribution in [0.5, 0.6) is 0 Å². The molecule has 0 saturated carbocycles. The molecule has 0 radical (unpaired) electrons. The van der Waals surface area contributed by atoms with Crippen molar-refractivity contribution in [2.75, 3.05) is 5.32 Å². The van der Waals surface area contributed by atoms with E-state index in [2.05, 4.69) is 20.5 Å². The number of carboxylic acids is 1. The summed E-state index contributed by atoms with van der Waals surface area (Å²) in [6, 6.07) is 14.8. The number of hydrogen-bond donors (Lipinski definition) is 3. The summed E-state index contributed by atoms with van der Waals surface area (Å²) in [5, 5.41) is 19.2. The first-order valence-corrected chi connectivity index (χ1v) is 9.15. The van der Waals surface area contributed by atoms with Gasteiger partial charge in [0.25, 0.3) is 5.56 Å². The number of carbonyl (C=O) groups is 2. The van der Waals surface area contributed by atoms with Gasteiger partial charge in [0.15, 0.2) is 10.9 Å². The van der Waals surface area contributed by atoms with E-state index in [9.17, 15) is 14.4 Å². The Morgan fingerprint density at radius 2 is 1.75 bits per heavy atom. The molecule has 28 heavy (non-hydrogen) atoms. The number of nitrogens with zero attached hydrogens (tertiary/aromatic N) is 2. The molecule has 0 aliphatic heterocycles. The van der Waals surface area contributed by atoms with E-state index in [1.807, 2.05) is 6.07 Å². The second-order valence-corrected chi connectivity index (χ2v) is 7.14. The summed E-state index contributed by atoms with van der Waals surface area (Å²) in [4.78, 5) is 38.1. The lowest BCUT2D eigenvalue weighted by Crippen LogP contribution is -2.23. The molecule has 3 aromatic rings. The Labute approximate surface area is 164 Å². The van der Waals surface area contributed by atoms with Crippen LogP contribution < -0.4 is 10.9 Å². The van der Waals surface area contributed by atoms with E-state index in [0.29, 0.717) is 11.3 Å². The summed E-state index contributed by atoms with van der Waals surface area (Å²) in [6.45, 7) is 1.66. The van der Waals surface area contributed by atoms with E-state index < -0.39 is 11.2 Å². The molecule has 1 heterocycles. The van der Waals surface area contributed by atoms with Gasteiger partial charge in [0, 0.05) is 11.3 Å². The summed E-state index contributed by atoms with van der Waals surface area (Å²) in [7, 11) is 0. The number of carbonyl (C=O) groups excluding carboxylic acids is 1. The highest BCUT2D eigenvalue weighted by atomic mass is 32.2. The van der Waals surface area contributed by atoms with E-state index in [1.54, 1.807) is 31.2 Å². The number of carboxylic acid groups (broad SMARTS) is 1. The van der Waals surface area contributed by atoms with Crippen molar-refractivity contribution in [3.8, 4) is 11.3 Å².